The second-order valence-electron chi connectivity index (χ2n) is 3.74. The summed E-state index contributed by atoms with van der Waals surface area (Å²) in [5.41, 5.74) is 0. The molecule has 2 bridgehead atoms. The number of fused-ring (bicyclic) bond motifs is 2. The summed E-state index contributed by atoms with van der Waals surface area (Å²) in [5.74, 6) is -6.10. The maximum absolute atomic E-state index is 13.1. The Kier molecular flexibility index (Phi) is 1.44. The van der Waals surface area contributed by atoms with E-state index in [1.54, 1.807) is 0 Å². The molecule has 0 aromatic heterocycles. The van der Waals surface area contributed by atoms with E-state index in [2.05, 4.69) is 0 Å². The number of hydrogen-bond acceptors (Lipinski definition) is 1. The third-order valence-electron chi connectivity index (χ3n) is 3.21. The Balaban J connectivity index is 2.24. The van der Waals surface area contributed by atoms with Gasteiger partial charge in [-0.1, -0.05) is 0 Å². The Morgan fingerprint density at radius 3 is 2.33 bits per heavy atom. The molecule has 2 fully saturated rings. The zero-order valence-corrected chi connectivity index (χ0v) is 6.46. The van der Waals surface area contributed by atoms with Crippen LogP contribution in [0.4, 0.5) is 8.78 Å². The Labute approximate surface area is 68.6 Å². The van der Waals surface area contributed by atoms with E-state index in [0.29, 0.717) is 12.8 Å². The van der Waals surface area contributed by atoms with Crippen molar-refractivity contribution >= 4 is 5.97 Å². The van der Waals surface area contributed by atoms with Crippen LogP contribution in [-0.4, -0.2) is 17.0 Å². The summed E-state index contributed by atoms with van der Waals surface area (Å²) in [6.07, 6.45) is 1.06. The van der Waals surface area contributed by atoms with Gasteiger partial charge in [-0.2, -0.15) is 0 Å². The van der Waals surface area contributed by atoms with Gasteiger partial charge >= 0.3 is 5.97 Å². The lowest BCUT2D eigenvalue weighted by molar-refractivity contribution is -0.145. The zero-order chi connectivity index (χ0) is 8.93. The van der Waals surface area contributed by atoms with Crippen LogP contribution in [-0.2, 0) is 4.79 Å². The average molecular weight is 176 g/mol. The van der Waals surface area contributed by atoms with Crippen LogP contribution < -0.4 is 0 Å². The van der Waals surface area contributed by atoms with Gasteiger partial charge in [-0.15, -0.1) is 0 Å². The van der Waals surface area contributed by atoms with Gasteiger partial charge in [-0.3, -0.25) is 4.79 Å². The maximum atomic E-state index is 13.1. The number of rotatable bonds is 1. The van der Waals surface area contributed by atoms with E-state index < -0.39 is 29.6 Å². The van der Waals surface area contributed by atoms with Gasteiger partial charge in [0.15, 0.2) is 0 Å². The first-order valence-electron chi connectivity index (χ1n) is 4.14. The van der Waals surface area contributed by atoms with Crippen LogP contribution in [0.5, 0.6) is 0 Å². The highest BCUT2D eigenvalue weighted by atomic mass is 19.3. The van der Waals surface area contributed by atoms with Gasteiger partial charge in [-0.05, 0) is 19.3 Å². The number of hydrogen-bond donors (Lipinski definition) is 1. The van der Waals surface area contributed by atoms with Gasteiger partial charge in [-0.25, -0.2) is 8.78 Å². The second kappa shape index (κ2) is 2.18. The smallest absolute Gasteiger partial charge is 0.307 e. The summed E-state index contributed by atoms with van der Waals surface area (Å²) in [5, 5.41) is 8.63. The van der Waals surface area contributed by atoms with Crippen LogP contribution in [0.1, 0.15) is 19.3 Å². The quantitative estimate of drug-likeness (QED) is 0.660. The molecule has 3 atom stereocenters. The van der Waals surface area contributed by atoms with E-state index in [0.717, 1.165) is 0 Å². The van der Waals surface area contributed by atoms with Gasteiger partial charge in [0.1, 0.15) is 0 Å². The standard InChI is InChI=1S/C8H10F2O2/c9-8(10)4-1-2-6(8)5(3-4)7(11)12/h4-6H,1-3H2,(H,11,12)/t4-,5-,6+/m1/s1. The highest BCUT2D eigenvalue weighted by molar-refractivity contribution is 5.71. The van der Waals surface area contributed by atoms with Crippen LogP contribution in [0.25, 0.3) is 0 Å². The Bertz CT molecular complexity index is 227. The topological polar surface area (TPSA) is 37.3 Å². The molecule has 0 radical (unpaired) electrons. The van der Waals surface area contributed by atoms with E-state index in [1.165, 1.54) is 0 Å². The summed E-state index contributed by atoms with van der Waals surface area (Å²) in [6, 6.07) is 0. The van der Waals surface area contributed by atoms with Crippen molar-refractivity contribution in [3.63, 3.8) is 0 Å². The molecule has 0 saturated heterocycles. The molecule has 12 heavy (non-hydrogen) atoms. The highest BCUT2D eigenvalue weighted by Crippen LogP contribution is 2.58. The van der Waals surface area contributed by atoms with Crippen LogP contribution in [0.15, 0.2) is 0 Å². The molecule has 2 saturated carbocycles. The summed E-state index contributed by atoms with van der Waals surface area (Å²) in [6.45, 7) is 0. The van der Waals surface area contributed by atoms with E-state index in [9.17, 15) is 13.6 Å². The lowest BCUT2D eigenvalue weighted by atomic mass is 9.89. The summed E-state index contributed by atoms with van der Waals surface area (Å²) in [4.78, 5) is 10.5. The number of carboxylic acid groups (broad SMARTS) is 1. The molecule has 0 amide bonds. The van der Waals surface area contributed by atoms with Gasteiger partial charge < -0.3 is 5.11 Å². The van der Waals surface area contributed by atoms with Crippen molar-refractivity contribution in [2.75, 3.05) is 0 Å². The first kappa shape index (κ1) is 7.95. The van der Waals surface area contributed by atoms with Crippen LogP contribution >= 0.6 is 0 Å². The lowest BCUT2D eigenvalue weighted by Gasteiger charge is -2.16. The molecular formula is C8H10F2O2. The highest BCUT2D eigenvalue weighted by Gasteiger charge is 2.62. The van der Waals surface area contributed by atoms with Crippen molar-refractivity contribution in [3.8, 4) is 0 Å². The van der Waals surface area contributed by atoms with Crippen molar-refractivity contribution in [1.29, 1.82) is 0 Å². The molecule has 2 nitrogen and oxygen atoms in total. The molecule has 0 heterocycles. The van der Waals surface area contributed by atoms with E-state index >= 15 is 0 Å². The number of halogens is 2. The molecule has 0 aromatic carbocycles. The van der Waals surface area contributed by atoms with Gasteiger partial charge in [0.2, 0.25) is 0 Å². The number of carboxylic acids is 1. The fourth-order valence-electron chi connectivity index (χ4n) is 2.56. The molecule has 0 aromatic rings. The predicted molar refractivity (Wildman–Crippen MR) is 36.9 cm³/mol. The minimum atomic E-state index is -2.71. The second-order valence-corrected chi connectivity index (χ2v) is 3.74. The summed E-state index contributed by atoms with van der Waals surface area (Å²) in [7, 11) is 0. The molecule has 2 aliphatic carbocycles. The predicted octanol–water partition coefficient (Wildman–Crippen LogP) is 1.75. The van der Waals surface area contributed by atoms with Crippen LogP contribution in [0.3, 0.4) is 0 Å². The Hall–Kier alpha value is -0.670. The van der Waals surface area contributed by atoms with E-state index in [4.69, 9.17) is 5.11 Å². The van der Waals surface area contributed by atoms with Gasteiger partial charge in [0, 0.05) is 11.8 Å². The van der Waals surface area contributed by atoms with Crippen LogP contribution in [0.2, 0.25) is 0 Å². The number of aliphatic carboxylic acids is 1. The summed E-state index contributed by atoms with van der Waals surface area (Å²) >= 11 is 0. The molecule has 2 aliphatic rings. The number of alkyl halides is 2. The SMILES string of the molecule is O=C(O)[C@@H]1C[C@H]2CC[C@@H]1C2(F)F. The van der Waals surface area contributed by atoms with Crippen molar-refractivity contribution in [1.82, 2.24) is 0 Å². The number of carbonyl (C=O) groups is 1. The fraction of sp³-hybridized carbons (Fsp3) is 0.875. The van der Waals surface area contributed by atoms with Crippen molar-refractivity contribution in [2.24, 2.45) is 17.8 Å². The van der Waals surface area contributed by atoms with E-state index in [-0.39, 0.29) is 6.42 Å². The minimum Gasteiger partial charge on any atom is -0.481 e. The molecule has 0 aliphatic heterocycles. The van der Waals surface area contributed by atoms with Crippen molar-refractivity contribution in [2.45, 2.75) is 25.2 Å². The van der Waals surface area contributed by atoms with Crippen LogP contribution in [0, 0.1) is 17.8 Å². The molecule has 4 heteroatoms. The third kappa shape index (κ3) is 0.807. The molecule has 0 unspecified atom stereocenters. The minimum absolute atomic E-state index is 0.174. The van der Waals surface area contributed by atoms with E-state index in [1.807, 2.05) is 0 Å². The first-order valence-corrected chi connectivity index (χ1v) is 4.14. The van der Waals surface area contributed by atoms with Gasteiger partial charge in [0.25, 0.3) is 5.92 Å². The van der Waals surface area contributed by atoms with Crippen molar-refractivity contribution < 1.29 is 18.7 Å². The lowest BCUT2D eigenvalue weighted by Crippen LogP contribution is -2.27. The maximum Gasteiger partial charge on any atom is 0.307 e. The molecule has 0 spiro atoms. The molecule has 1 N–H and O–H groups in total. The fourth-order valence-corrected chi connectivity index (χ4v) is 2.56. The molecule has 68 valence electrons. The Morgan fingerprint density at radius 1 is 1.42 bits per heavy atom. The average Bonchev–Trinajstić information content (AvgIpc) is 2.40. The first-order chi connectivity index (χ1) is 5.53. The largest absolute Gasteiger partial charge is 0.481 e. The molecule has 2 rings (SSSR count). The Morgan fingerprint density at radius 2 is 2.08 bits per heavy atom. The van der Waals surface area contributed by atoms with Crippen molar-refractivity contribution in [3.05, 3.63) is 0 Å². The third-order valence-corrected chi connectivity index (χ3v) is 3.21. The summed E-state index contributed by atoms with van der Waals surface area (Å²) < 4.78 is 26.3. The normalized spacial score (nSPS) is 43.3. The zero-order valence-electron chi connectivity index (χ0n) is 6.46. The monoisotopic (exact) mass is 176 g/mol. The molecular weight excluding hydrogens is 166 g/mol. The van der Waals surface area contributed by atoms with Gasteiger partial charge in [0.05, 0.1) is 5.92 Å².